The molecule has 1 aliphatic heterocycles. The number of amides is 1. The first-order valence-electron chi connectivity index (χ1n) is 7.64. The first-order valence-corrected chi connectivity index (χ1v) is 7.64. The van der Waals surface area contributed by atoms with Gasteiger partial charge in [0.1, 0.15) is 5.69 Å². The van der Waals surface area contributed by atoms with E-state index in [2.05, 4.69) is 20.3 Å². The molecule has 7 heteroatoms. The summed E-state index contributed by atoms with van der Waals surface area (Å²) in [7, 11) is 0. The minimum atomic E-state index is -0.113. The molecule has 22 heavy (non-hydrogen) atoms. The maximum Gasteiger partial charge on any atom is 0.270 e. The molecule has 1 saturated heterocycles. The number of carbonyl (C=O) groups is 1. The highest BCUT2D eigenvalue weighted by atomic mass is 16.5. The van der Waals surface area contributed by atoms with E-state index in [4.69, 9.17) is 4.74 Å². The average Bonchev–Trinajstić information content (AvgIpc) is 2.92. The summed E-state index contributed by atoms with van der Waals surface area (Å²) in [5, 5.41) is 7.26. The van der Waals surface area contributed by atoms with Gasteiger partial charge in [-0.15, -0.1) is 0 Å². The molecule has 1 N–H and O–H groups in total. The summed E-state index contributed by atoms with van der Waals surface area (Å²) in [5.74, 6) is -0.113. The van der Waals surface area contributed by atoms with Crippen LogP contribution in [-0.2, 0) is 4.74 Å². The normalized spacial score (nSPS) is 16.0. The molecule has 118 valence electrons. The summed E-state index contributed by atoms with van der Waals surface area (Å²) in [4.78, 5) is 18.8. The second-order valence-electron chi connectivity index (χ2n) is 5.45. The Kier molecular flexibility index (Phi) is 4.65. The summed E-state index contributed by atoms with van der Waals surface area (Å²) in [5.41, 5.74) is 2.06. The van der Waals surface area contributed by atoms with Crippen molar-refractivity contribution in [1.82, 2.24) is 24.8 Å². The fraction of sp³-hybridized carbons (Fsp3) is 0.533. The molecular formula is C15H21N5O2. The highest BCUT2D eigenvalue weighted by Gasteiger charge is 2.13. The zero-order chi connectivity index (χ0) is 15.4. The average molecular weight is 303 g/mol. The zero-order valence-electron chi connectivity index (χ0n) is 12.8. The molecule has 7 nitrogen and oxygen atoms in total. The van der Waals surface area contributed by atoms with Gasteiger partial charge in [-0.25, -0.2) is 9.50 Å². The van der Waals surface area contributed by atoms with Gasteiger partial charge in [-0.3, -0.25) is 9.69 Å². The number of hydrogen-bond acceptors (Lipinski definition) is 5. The zero-order valence-corrected chi connectivity index (χ0v) is 12.8. The van der Waals surface area contributed by atoms with Gasteiger partial charge in [0.05, 0.1) is 18.9 Å². The maximum atomic E-state index is 12.3. The fourth-order valence-corrected chi connectivity index (χ4v) is 2.60. The van der Waals surface area contributed by atoms with Crippen molar-refractivity contribution in [2.75, 3.05) is 39.4 Å². The van der Waals surface area contributed by atoms with Crippen LogP contribution in [0.15, 0.2) is 18.3 Å². The monoisotopic (exact) mass is 303 g/mol. The predicted octanol–water partition coefficient (Wildman–Crippen LogP) is 0.490. The van der Waals surface area contributed by atoms with Gasteiger partial charge < -0.3 is 10.1 Å². The lowest BCUT2D eigenvalue weighted by atomic mass is 10.3. The van der Waals surface area contributed by atoms with Gasteiger partial charge in [0.15, 0.2) is 5.65 Å². The van der Waals surface area contributed by atoms with Crippen LogP contribution in [0, 0.1) is 6.92 Å². The summed E-state index contributed by atoms with van der Waals surface area (Å²) < 4.78 is 6.91. The van der Waals surface area contributed by atoms with Crippen LogP contribution in [0.4, 0.5) is 0 Å². The fourth-order valence-electron chi connectivity index (χ4n) is 2.60. The Hall–Kier alpha value is -1.99. The summed E-state index contributed by atoms with van der Waals surface area (Å²) in [6, 6.07) is 3.55. The van der Waals surface area contributed by atoms with Crippen molar-refractivity contribution in [3.8, 4) is 0 Å². The molecule has 0 aromatic carbocycles. The molecule has 0 aliphatic carbocycles. The first-order chi connectivity index (χ1) is 10.7. The number of rotatable bonds is 5. The molecule has 1 amide bonds. The predicted molar refractivity (Wildman–Crippen MR) is 81.9 cm³/mol. The van der Waals surface area contributed by atoms with E-state index in [0.717, 1.165) is 45.0 Å². The van der Waals surface area contributed by atoms with E-state index in [0.29, 0.717) is 17.9 Å². The number of hydrogen-bond donors (Lipinski definition) is 1. The maximum absolute atomic E-state index is 12.3. The molecule has 1 fully saturated rings. The second-order valence-corrected chi connectivity index (χ2v) is 5.45. The van der Waals surface area contributed by atoms with Crippen molar-refractivity contribution in [1.29, 1.82) is 0 Å². The molecule has 2 aromatic heterocycles. The largest absolute Gasteiger partial charge is 0.379 e. The topological polar surface area (TPSA) is 71.8 Å². The van der Waals surface area contributed by atoms with Crippen LogP contribution in [0.25, 0.3) is 5.65 Å². The first kappa shape index (κ1) is 14.9. The number of nitrogens with zero attached hydrogens (tertiary/aromatic N) is 4. The van der Waals surface area contributed by atoms with E-state index < -0.39 is 0 Å². The lowest BCUT2D eigenvalue weighted by molar-refractivity contribution is 0.0374. The SMILES string of the molecule is Cc1cc2nccc(C(=O)NCCCN3CCOCC3)n2n1. The number of morpholine rings is 1. The van der Waals surface area contributed by atoms with Crippen LogP contribution in [0.1, 0.15) is 22.6 Å². The van der Waals surface area contributed by atoms with Gasteiger partial charge in [-0.1, -0.05) is 0 Å². The second kappa shape index (κ2) is 6.85. The minimum Gasteiger partial charge on any atom is -0.379 e. The Morgan fingerprint density at radius 2 is 2.23 bits per heavy atom. The number of ether oxygens (including phenoxy) is 1. The van der Waals surface area contributed by atoms with Crippen LogP contribution in [0.3, 0.4) is 0 Å². The molecule has 0 atom stereocenters. The molecule has 0 spiro atoms. The Morgan fingerprint density at radius 3 is 3.05 bits per heavy atom. The number of aryl methyl sites for hydroxylation is 1. The van der Waals surface area contributed by atoms with E-state index >= 15 is 0 Å². The Balaban J connectivity index is 1.52. The number of fused-ring (bicyclic) bond motifs is 1. The summed E-state index contributed by atoms with van der Waals surface area (Å²) in [6.45, 7) is 7.09. The van der Waals surface area contributed by atoms with Crippen molar-refractivity contribution in [2.45, 2.75) is 13.3 Å². The number of aromatic nitrogens is 3. The molecular weight excluding hydrogens is 282 g/mol. The Labute approximate surface area is 129 Å². The quantitative estimate of drug-likeness (QED) is 0.814. The minimum absolute atomic E-state index is 0.113. The standard InChI is InChI=1S/C15H21N5O2/c1-12-11-14-16-5-3-13(20(14)18-12)15(21)17-4-2-6-19-7-9-22-10-8-19/h3,5,11H,2,4,6-10H2,1H3,(H,17,21). The van der Waals surface area contributed by atoms with Gasteiger partial charge in [-0.05, 0) is 26.0 Å². The lowest BCUT2D eigenvalue weighted by Crippen LogP contribution is -2.38. The molecule has 3 heterocycles. The van der Waals surface area contributed by atoms with Crippen molar-refractivity contribution in [3.05, 3.63) is 29.7 Å². The molecule has 2 aromatic rings. The van der Waals surface area contributed by atoms with Crippen molar-refractivity contribution in [2.24, 2.45) is 0 Å². The van der Waals surface area contributed by atoms with E-state index in [9.17, 15) is 4.79 Å². The van der Waals surface area contributed by atoms with Crippen molar-refractivity contribution in [3.63, 3.8) is 0 Å². The van der Waals surface area contributed by atoms with Crippen LogP contribution in [0.5, 0.6) is 0 Å². The molecule has 0 bridgehead atoms. The van der Waals surface area contributed by atoms with Crippen LogP contribution >= 0.6 is 0 Å². The van der Waals surface area contributed by atoms with E-state index in [1.165, 1.54) is 0 Å². The van der Waals surface area contributed by atoms with Gasteiger partial charge in [0.25, 0.3) is 5.91 Å². The highest BCUT2D eigenvalue weighted by Crippen LogP contribution is 2.06. The smallest absolute Gasteiger partial charge is 0.270 e. The van der Waals surface area contributed by atoms with Gasteiger partial charge in [0.2, 0.25) is 0 Å². The van der Waals surface area contributed by atoms with Gasteiger partial charge in [-0.2, -0.15) is 5.10 Å². The van der Waals surface area contributed by atoms with E-state index in [1.807, 2.05) is 13.0 Å². The van der Waals surface area contributed by atoms with E-state index in [-0.39, 0.29) is 5.91 Å². The summed E-state index contributed by atoms with van der Waals surface area (Å²) >= 11 is 0. The lowest BCUT2D eigenvalue weighted by Gasteiger charge is -2.26. The third-order valence-corrected chi connectivity index (χ3v) is 3.75. The molecule has 0 unspecified atom stereocenters. The van der Waals surface area contributed by atoms with Gasteiger partial charge in [0, 0.05) is 31.9 Å². The Morgan fingerprint density at radius 1 is 1.41 bits per heavy atom. The van der Waals surface area contributed by atoms with Crippen molar-refractivity contribution < 1.29 is 9.53 Å². The third kappa shape index (κ3) is 3.42. The molecule has 1 aliphatic rings. The molecule has 3 rings (SSSR count). The third-order valence-electron chi connectivity index (χ3n) is 3.75. The van der Waals surface area contributed by atoms with Crippen LogP contribution in [-0.4, -0.2) is 64.8 Å². The van der Waals surface area contributed by atoms with Crippen molar-refractivity contribution >= 4 is 11.6 Å². The number of carbonyl (C=O) groups excluding carboxylic acids is 1. The van der Waals surface area contributed by atoms with Crippen LogP contribution in [0.2, 0.25) is 0 Å². The number of nitrogens with one attached hydrogen (secondary N) is 1. The molecule has 0 radical (unpaired) electrons. The van der Waals surface area contributed by atoms with E-state index in [1.54, 1.807) is 16.8 Å². The summed E-state index contributed by atoms with van der Waals surface area (Å²) in [6.07, 6.45) is 2.57. The highest BCUT2D eigenvalue weighted by molar-refractivity contribution is 5.92. The van der Waals surface area contributed by atoms with Gasteiger partial charge >= 0.3 is 0 Å². The van der Waals surface area contributed by atoms with Crippen LogP contribution < -0.4 is 5.32 Å². The molecule has 0 saturated carbocycles. The Bertz CT molecular complexity index is 648.